The van der Waals surface area contributed by atoms with Gasteiger partial charge in [0.2, 0.25) is 0 Å². The molecule has 0 aliphatic carbocycles. The van der Waals surface area contributed by atoms with Crippen LogP contribution in [-0.4, -0.2) is 17.2 Å². The number of halogens is 3. The van der Waals surface area contributed by atoms with Crippen LogP contribution in [0.1, 0.15) is 15.9 Å². The van der Waals surface area contributed by atoms with Crippen LogP contribution in [0.3, 0.4) is 0 Å². The molecule has 0 unspecified atom stereocenters. The molecule has 0 N–H and O–H groups in total. The Bertz CT molecular complexity index is 654. The van der Waals surface area contributed by atoms with Gasteiger partial charge in [0.15, 0.2) is 0 Å². The van der Waals surface area contributed by atoms with Crippen LogP contribution in [0.2, 0.25) is 15.2 Å². The van der Waals surface area contributed by atoms with Crippen molar-refractivity contribution in [1.82, 2.24) is 4.98 Å². The van der Waals surface area contributed by atoms with E-state index in [1.54, 1.807) is 24.3 Å². The Morgan fingerprint density at radius 1 is 1.15 bits per heavy atom. The van der Waals surface area contributed by atoms with E-state index in [2.05, 4.69) is 10.1 Å². The van der Waals surface area contributed by atoms with Crippen LogP contribution in [0.4, 0.5) is 0 Å². The zero-order chi connectivity index (χ0) is 14.5. The molecule has 2 aromatic rings. The molecule has 102 valence electrons. The first kappa shape index (κ1) is 14.8. The molecule has 0 amide bonds. The minimum Gasteiger partial charge on any atom is -0.313 e. The summed E-state index contributed by atoms with van der Waals surface area (Å²) in [6.45, 7) is 0. The predicted molar refractivity (Wildman–Crippen MR) is 78.7 cm³/mol. The lowest BCUT2D eigenvalue weighted by Gasteiger charge is -2.01. The van der Waals surface area contributed by atoms with Gasteiger partial charge in [0.25, 0.3) is 0 Å². The molecule has 2 rings (SSSR count). The maximum absolute atomic E-state index is 11.7. The molecule has 1 aromatic heterocycles. The van der Waals surface area contributed by atoms with Crippen LogP contribution in [0, 0.1) is 0 Å². The summed E-state index contributed by atoms with van der Waals surface area (Å²) in [5.74, 6) is -0.720. The average Bonchev–Trinajstić information content (AvgIpc) is 2.42. The Balaban J connectivity index is 2.11. The Labute approximate surface area is 129 Å². The zero-order valence-corrected chi connectivity index (χ0v) is 12.2. The highest BCUT2D eigenvalue weighted by Crippen LogP contribution is 2.22. The van der Waals surface area contributed by atoms with Gasteiger partial charge in [-0.2, -0.15) is 0 Å². The Kier molecular flexibility index (Phi) is 4.95. The molecular formula is C13H7Cl3N2O2. The summed E-state index contributed by atoms with van der Waals surface area (Å²) < 4.78 is 0. The number of nitrogens with zero attached hydrogens (tertiary/aromatic N) is 2. The third kappa shape index (κ3) is 3.48. The fourth-order valence-electron chi connectivity index (χ4n) is 1.35. The first-order valence-corrected chi connectivity index (χ1v) is 6.52. The standard InChI is InChI=1S/C13H7Cl3N2O2/c14-10-4-1-5-11(15)9(10)7-18-20-13(19)8-3-2-6-17-12(8)16/h1-7H/b18-7-. The number of oxime groups is 1. The number of carbonyl (C=O) groups is 1. The summed E-state index contributed by atoms with van der Waals surface area (Å²) in [5, 5.41) is 4.40. The third-order valence-electron chi connectivity index (χ3n) is 2.30. The van der Waals surface area contributed by atoms with Crippen molar-refractivity contribution in [3.05, 3.63) is 62.9 Å². The lowest BCUT2D eigenvalue weighted by Crippen LogP contribution is -2.03. The molecule has 0 radical (unpaired) electrons. The maximum atomic E-state index is 11.7. The molecule has 0 saturated heterocycles. The molecule has 0 saturated carbocycles. The summed E-state index contributed by atoms with van der Waals surface area (Å²) in [5.41, 5.74) is 0.581. The van der Waals surface area contributed by atoms with Crippen LogP contribution in [0.5, 0.6) is 0 Å². The molecule has 20 heavy (non-hydrogen) atoms. The van der Waals surface area contributed by atoms with Crippen molar-refractivity contribution in [1.29, 1.82) is 0 Å². The van der Waals surface area contributed by atoms with E-state index in [1.165, 1.54) is 18.5 Å². The van der Waals surface area contributed by atoms with Crippen molar-refractivity contribution in [2.75, 3.05) is 0 Å². The van der Waals surface area contributed by atoms with Gasteiger partial charge >= 0.3 is 5.97 Å². The molecule has 7 heteroatoms. The second-order valence-corrected chi connectivity index (χ2v) is 4.76. The summed E-state index contributed by atoms with van der Waals surface area (Å²) in [6.07, 6.45) is 2.72. The van der Waals surface area contributed by atoms with Gasteiger partial charge < -0.3 is 4.84 Å². The van der Waals surface area contributed by atoms with Crippen molar-refractivity contribution >= 4 is 47.0 Å². The number of benzene rings is 1. The fourth-order valence-corrected chi connectivity index (χ4v) is 2.04. The van der Waals surface area contributed by atoms with E-state index in [4.69, 9.17) is 39.6 Å². The van der Waals surface area contributed by atoms with Crippen LogP contribution < -0.4 is 0 Å². The van der Waals surface area contributed by atoms with Gasteiger partial charge in [-0.25, -0.2) is 9.78 Å². The molecular weight excluding hydrogens is 323 g/mol. The fraction of sp³-hybridized carbons (Fsp3) is 0. The molecule has 0 fully saturated rings. The van der Waals surface area contributed by atoms with Gasteiger partial charge in [-0.15, -0.1) is 0 Å². The molecule has 1 heterocycles. The van der Waals surface area contributed by atoms with Crippen LogP contribution in [0.25, 0.3) is 0 Å². The van der Waals surface area contributed by atoms with Crippen molar-refractivity contribution in [2.45, 2.75) is 0 Å². The molecule has 0 spiro atoms. The first-order valence-electron chi connectivity index (χ1n) is 5.39. The summed E-state index contributed by atoms with van der Waals surface area (Å²) >= 11 is 17.6. The van der Waals surface area contributed by atoms with Crippen LogP contribution >= 0.6 is 34.8 Å². The minimum atomic E-state index is -0.720. The van der Waals surface area contributed by atoms with E-state index in [1.807, 2.05) is 0 Å². The molecule has 0 atom stereocenters. The third-order valence-corrected chi connectivity index (χ3v) is 3.26. The van der Waals surface area contributed by atoms with Gasteiger partial charge in [-0.3, -0.25) is 0 Å². The average molecular weight is 330 g/mol. The molecule has 4 nitrogen and oxygen atoms in total. The summed E-state index contributed by atoms with van der Waals surface area (Å²) in [4.78, 5) is 20.2. The number of pyridine rings is 1. The Hall–Kier alpha value is -1.62. The van der Waals surface area contributed by atoms with E-state index in [-0.39, 0.29) is 10.7 Å². The smallest absolute Gasteiger partial charge is 0.313 e. The highest BCUT2D eigenvalue weighted by Gasteiger charge is 2.12. The first-order chi connectivity index (χ1) is 9.59. The van der Waals surface area contributed by atoms with E-state index in [9.17, 15) is 4.79 Å². The molecule has 1 aromatic carbocycles. The zero-order valence-electron chi connectivity index (χ0n) is 9.89. The molecule has 0 aliphatic heterocycles. The number of hydrogen-bond donors (Lipinski definition) is 0. The van der Waals surface area contributed by atoms with E-state index in [0.29, 0.717) is 15.6 Å². The highest BCUT2D eigenvalue weighted by atomic mass is 35.5. The monoisotopic (exact) mass is 328 g/mol. The van der Waals surface area contributed by atoms with Crippen LogP contribution in [-0.2, 0) is 4.84 Å². The second-order valence-electron chi connectivity index (χ2n) is 3.59. The van der Waals surface area contributed by atoms with Crippen molar-refractivity contribution in [3.8, 4) is 0 Å². The summed E-state index contributed by atoms with van der Waals surface area (Å²) in [6, 6.07) is 8.04. The largest absolute Gasteiger partial charge is 0.368 e. The number of carbonyl (C=O) groups excluding carboxylic acids is 1. The maximum Gasteiger partial charge on any atom is 0.368 e. The summed E-state index contributed by atoms with van der Waals surface area (Å²) in [7, 11) is 0. The van der Waals surface area contributed by atoms with Gasteiger partial charge in [0, 0.05) is 11.8 Å². The second kappa shape index (κ2) is 6.70. The molecule has 0 aliphatic rings. The predicted octanol–water partition coefficient (Wildman–Crippen LogP) is 4.23. The topological polar surface area (TPSA) is 51.5 Å². The number of aromatic nitrogens is 1. The van der Waals surface area contributed by atoms with Gasteiger partial charge in [-0.05, 0) is 24.3 Å². The van der Waals surface area contributed by atoms with Crippen LogP contribution in [0.15, 0.2) is 41.7 Å². The Morgan fingerprint density at radius 2 is 1.85 bits per heavy atom. The van der Waals surface area contributed by atoms with Crippen molar-refractivity contribution in [2.24, 2.45) is 5.16 Å². The Morgan fingerprint density at radius 3 is 2.50 bits per heavy atom. The van der Waals surface area contributed by atoms with Gasteiger partial charge in [0.05, 0.1) is 21.8 Å². The van der Waals surface area contributed by atoms with E-state index < -0.39 is 5.97 Å². The number of hydrogen-bond acceptors (Lipinski definition) is 4. The SMILES string of the molecule is O=C(O/N=C\c1c(Cl)cccc1Cl)c1cccnc1Cl. The highest BCUT2D eigenvalue weighted by molar-refractivity contribution is 6.38. The minimum absolute atomic E-state index is 0.0449. The lowest BCUT2D eigenvalue weighted by atomic mass is 10.2. The van der Waals surface area contributed by atoms with Gasteiger partial charge in [0.1, 0.15) is 5.15 Å². The quantitative estimate of drug-likeness (QED) is 0.366. The van der Waals surface area contributed by atoms with E-state index >= 15 is 0 Å². The lowest BCUT2D eigenvalue weighted by molar-refractivity contribution is 0.0519. The van der Waals surface area contributed by atoms with E-state index in [0.717, 1.165) is 0 Å². The normalized spacial score (nSPS) is 10.8. The van der Waals surface area contributed by atoms with Crippen molar-refractivity contribution < 1.29 is 9.63 Å². The molecule has 0 bridgehead atoms. The van der Waals surface area contributed by atoms with Crippen molar-refractivity contribution in [3.63, 3.8) is 0 Å². The number of rotatable bonds is 3. The van der Waals surface area contributed by atoms with Gasteiger partial charge in [-0.1, -0.05) is 46.0 Å².